The highest BCUT2D eigenvalue weighted by Gasteiger charge is 2.21. The summed E-state index contributed by atoms with van der Waals surface area (Å²) >= 11 is 0. The van der Waals surface area contributed by atoms with Gasteiger partial charge in [-0.25, -0.2) is 0 Å². The molecule has 2 aromatic rings. The Labute approximate surface area is 123 Å². The lowest BCUT2D eigenvalue weighted by Crippen LogP contribution is -2.29. The molecule has 1 aromatic heterocycles. The molecule has 0 spiro atoms. The molecule has 4 heteroatoms. The molecule has 0 aliphatic heterocycles. The van der Waals surface area contributed by atoms with Crippen molar-refractivity contribution in [2.45, 2.75) is 25.3 Å². The molecule has 1 heterocycles. The van der Waals surface area contributed by atoms with E-state index in [2.05, 4.69) is 5.32 Å². The fourth-order valence-corrected chi connectivity index (χ4v) is 2.75. The minimum atomic E-state index is -0.110. The Bertz CT molecular complexity index is 659. The highest BCUT2D eigenvalue weighted by atomic mass is 16.3. The largest absolute Gasteiger partial charge is 0.465 e. The molecule has 3 rings (SSSR count). The maximum absolute atomic E-state index is 12.0. The van der Waals surface area contributed by atoms with Crippen LogP contribution in [0, 0.1) is 0 Å². The van der Waals surface area contributed by atoms with Crippen LogP contribution in [0.15, 0.2) is 47.1 Å². The Morgan fingerprint density at radius 2 is 2.29 bits per heavy atom. The molecule has 21 heavy (non-hydrogen) atoms. The second kappa shape index (κ2) is 5.87. The second-order valence-corrected chi connectivity index (χ2v) is 5.26. The summed E-state index contributed by atoms with van der Waals surface area (Å²) in [5.41, 5.74) is 9.01. The summed E-state index contributed by atoms with van der Waals surface area (Å²) in [7, 11) is 0. The lowest BCUT2D eigenvalue weighted by Gasteiger charge is -2.26. The third-order valence-electron chi connectivity index (χ3n) is 3.74. The van der Waals surface area contributed by atoms with Gasteiger partial charge in [0.2, 0.25) is 5.91 Å². The summed E-state index contributed by atoms with van der Waals surface area (Å²) in [6.07, 6.45) is 7.79. The molecule has 1 aromatic carbocycles. The maximum Gasteiger partial charge on any atom is 0.244 e. The van der Waals surface area contributed by atoms with Crippen LogP contribution in [-0.4, -0.2) is 5.91 Å². The van der Waals surface area contributed by atoms with Crippen molar-refractivity contribution in [3.63, 3.8) is 0 Å². The Kier molecular flexibility index (Phi) is 3.77. The molecule has 0 bridgehead atoms. The number of nitrogens with one attached hydrogen (secondary N) is 1. The number of nitrogens with two attached hydrogens (primary N) is 1. The van der Waals surface area contributed by atoms with E-state index in [1.165, 1.54) is 17.2 Å². The average molecular weight is 282 g/mol. The first kappa shape index (κ1) is 13.5. The average Bonchev–Trinajstić information content (AvgIpc) is 2.98. The normalized spacial score (nSPS) is 17.6. The molecule has 1 amide bonds. The van der Waals surface area contributed by atoms with Crippen LogP contribution in [0.5, 0.6) is 0 Å². The number of anilines is 1. The first-order valence-electron chi connectivity index (χ1n) is 7.13. The smallest absolute Gasteiger partial charge is 0.244 e. The van der Waals surface area contributed by atoms with Crippen LogP contribution in [0.1, 0.15) is 35.8 Å². The van der Waals surface area contributed by atoms with Gasteiger partial charge in [-0.15, -0.1) is 0 Å². The van der Waals surface area contributed by atoms with E-state index in [0.29, 0.717) is 5.76 Å². The standard InChI is InChI=1S/C17H18N2O2/c18-13-6-8-15-12(11-13)3-1-5-16(15)19-17(20)9-7-14-4-2-10-21-14/h2,4,6-11,16H,1,3,5,18H2,(H,19,20)/b9-7+. The van der Waals surface area contributed by atoms with Gasteiger partial charge in [-0.1, -0.05) is 6.07 Å². The molecule has 3 N–H and O–H groups in total. The van der Waals surface area contributed by atoms with Crippen molar-refractivity contribution in [2.75, 3.05) is 5.73 Å². The van der Waals surface area contributed by atoms with Gasteiger partial charge in [-0.2, -0.15) is 0 Å². The minimum absolute atomic E-state index is 0.0584. The van der Waals surface area contributed by atoms with Crippen molar-refractivity contribution < 1.29 is 9.21 Å². The quantitative estimate of drug-likeness (QED) is 0.671. The highest BCUT2D eigenvalue weighted by molar-refractivity contribution is 5.91. The van der Waals surface area contributed by atoms with E-state index in [1.54, 1.807) is 18.4 Å². The number of rotatable bonds is 3. The molecular weight excluding hydrogens is 264 g/mol. The summed E-state index contributed by atoms with van der Waals surface area (Å²) in [5, 5.41) is 3.05. The van der Waals surface area contributed by atoms with Gasteiger partial charge >= 0.3 is 0 Å². The van der Waals surface area contributed by atoms with Crippen LogP contribution in [0.4, 0.5) is 5.69 Å². The minimum Gasteiger partial charge on any atom is -0.465 e. The maximum atomic E-state index is 12.0. The molecule has 1 unspecified atom stereocenters. The number of nitrogen functional groups attached to an aromatic ring is 1. The molecule has 1 aliphatic carbocycles. The van der Waals surface area contributed by atoms with Gasteiger partial charge in [0.1, 0.15) is 5.76 Å². The van der Waals surface area contributed by atoms with Gasteiger partial charge < -0.3 is 15.5 Å². The zero-order valence-corrected chi connectivity index (χ0v) is 11.7. The summed E-state index contributed by atoms with van der Waals surface area (Å²) < 4.78 is 5.16. The van der Waals surface area contributed by atoms with Crippen LogP contribution in [0.2, 0.25) is 0 Å². The van der Waals surface area contributed by atoms with Crippen molar-refractivity contribution in [1.29, 1.82) is 0 Å². The van der Waals surface area contributed by atoms with E-state index in [0.717, 1.165) is 24.9 Å². The van der Waals surface area contributed by atoms with Gasteiger partial charge in [0.25, 0.3) is 0 Å². The lowest BCUT2D eigenvalue weighted by atomic mass is 9.87. The molecule has 108 valence electrons. The molecule has 0 fully saturated rings. The summed E-state index contributed by atoms with van der Waals surface area (Å²) in [5.74, 6) is 0.558. The van der Waals surface area contributed by atoms with Crippen LogP contribution >= 0.6 is 0 Å². The predicted octanol–water partition coefficient (Wildman–Crippen LogP) is 3.07. The van der Waals surface area contributed by atoms with Gasteiger partial charge in [0.05, 0.1) is 12.3 Å². The van der Waals surface area contributed by atoms with Crippen molar-refractivity contribution in [3.8, 4) is 0 Å². The fraction of sp³-hybridized carbons (Fsp3) is 0.235. The number of furan rings is 1. The Morgan fingerprint density at radius 1 is 1.38 bits per heavy atom. The molecule has 0 radical (unpaired) electrons. The molecule has 0 saturated heterocycles. The molecule has 1 aliphatic rings. The molecular formula is C17H18N2O2. The monoisotopic (exact) mass is 282 g/mol. The lowest BCUT2D eigenvalue weighted by molar-refractivity contribution is -0.117. The van der Waals surface area contributed by atoms with E-state index in [-0.39, 0.29) is 11.9 Å². The first-order chi connectivity index (χ1) is 10.2. The van der Waals surface area contributed by atoms with E-state index < -0.39 is 0 Å². The predicted molar refractivity (Wildman–Crippen MR) is 82.4 cm³/mol. The number of benzene rings is 1. The Hall–Kier alpha value is -2.49. The topological polar surface area (TPSA) is 68.3 Å². The molecule has 0 saturated carbocycles. The van der Waals surface area contributed by atoms with Crippen molar-refractivity contribution in [2.24, 2.45) is 0 Å². The number of hydrogen-bond donors (Lipinski definition) is 2. The van der Waals surface area contributed by atoms with Gasteiger partial charge in [-0.3, -0.25) is 4.79 Å². The van der Waals surface area contributed by atoms with Crippen molar-refractivity contribution in [1.82, 2.24) is 5.32 Å². The van der Waals surface area contributed by atoms with Crippen LogP contribution in [-0.2, 0) is 11.2 Å². The van der Waals surface area contributed by atoms with E-state index in [4.69, 9.17) is 10.2 Å². The summed E-state index contributed by atoms with van der Waals surface area (Å²) in [6.45, 7) is 0. The highest BCUT2D eigenvalue weighted by Crippen LogP contribution is 2.30. The van der Waals surface area contributed by atoms with Crippen LogP contribution in [0.25, 0.3) is 6.08 Å². The first-order valence-corrected chi connectivity index (χ1v) is 7.13. The zero-order chi connectivity index (χ0) is 14.7. The third kappa shape index (κ3) is 3.16. The van der Waals surface area contributed by atoms with Gasteiger partial charge in [0, 0.05) is 11.8 Å². The SMILES string of the molecule is Nc1ccc2c(c1)CCCC2NC(=O)/C=C/c1ccco1. The Morgan fingerprint density at radius 3 is 3.10 bits per heavy atom. The van der Waals surface area contributed by atoms with Crippen LogP contribution in [0.3, 0.4) is 0 Å². The van der Waals surface area contributed by atoms with E-state index in [1.807, 2.05) is 24.3 Å². The number of carbonyl (C=O) groups excluding carboxylic acids is 1. The number of aryl methyl sites for hydroxylation is 1. The number of amides is 1. The van der Waals surface area contributed by atoms with Gasteiger partial charge in [-0.05, 0) is 60.7 Å². The van der Waals surface area contributed by atoms with Crippen molar-refractivity contribution in [3.05, 3.63) is 59.6 Å². The molecule has 1 atom stereocenters. The zero-order valence-electron chi connectivity index (χ0n) is 11.7. The van der Waals surface area contributed by atoms with Gasteiger partial charge in [0.15, 0.2) is 0 Å². The fourth-order valence-electron chi connectivity index (χ4n) is 2.75. The number of carbonyl (C=O) groups is 1. The van der Waals surface area contributed by atoms with E-state index >= 15 is 0 Å². The summed E-state index contributed by atoms with van der Waals surface area (Å²) in [4.78, 5) is 12.0. The Balaban J connectivity index is 1.70. The summed E-state index contributed by atoms with van der Waals surface area (Å²) in [6, 6.07) is 9.57. The second-order valence-electron chi connectivity index (χ2n) is 5.26. The van der Waals surface area contributed by atoms with Crippen LogP contribution < -0.4 is 11.1 Å². The number of hydrogen-bond acceptors (Lipinski definition) is 3. The number of fused-ring (bicyclic) bond motifs is 1. The molecule has 4 nitrogen and oxygen atoms in total. The van der Waals surface area contributed by atoms with Crippen molar-refractivity contribution >= 4 is 17.7 Å². The van der Waals surface area contributed by atoms with E-state index in [9.17, 15) is 4.79 Å². The third-order valence-corrected chi connectivity index (χ3v) is 3.74.